The van der Waals surface area contributed by atoms with Crippen molar-refractivity contribution in [3.05, 3.63) is 23.5 Å². The number of anilines is 1. The van der Waals surface area contributed by atoms with Crippen molar-refractivity contribution in [1.82, 2.24) is 14.8 Å². The third kappa shape index (κ3) is 4.05. The van der Waals surface area contributed by atoms with E-state index in [1.165, 1.54) is 0 Å². The van der Waals surface area contributed by atoms with E-state index >= 15 is 0 Å². The Labute approximate surface area is 117 Å². The zero-order valence-electron chi connectivity index (χ0n) is 10.5. The first kappa shape index (κ1) is 14.0. The lowest BCUT2D eigenvalue weighted by molar-refractivity contribution is 0.127. The summed E-state index contributed by atoms with van der Waals surface area (Å²) in [6, 6.07) is 3.18. The summed E-state index contributed by atoms with van der Waals surface area (Å²) < 4.78 is 0. The summed E-state index contributed by atoms with van der Waals surface area (Å²) in [6.07, 6.45) is 1.55. The van der Waals surface area contributed by atoms with Crippen LogP contribution < -0.4 is 5.32 Å². The first-order valence-electron chi connectivity index (χ1n) is 6.20. The predicted molar refractivity (Wildman–Crippen MR) is 73.4 cm³/mol. The summed E-state index contributed by atoms with van der Waals surface area (Å²) in [4.78, 5) is 19.8. The van der Waals surface area contributed by atoms with Crippen LogP contribution in [0.2, 0.25) is 5.15 Å². The average Bonchev–Trinajstić information content (AvgIpc) is 2.40. The molecule has 6 nitrogen and oxygen atoms in total. The normalized spacial score (nSPS) is 16.4. The van der Waals surface area contributed by atoms with Gasteiger partial charge in [-0.05, 0) is 12.1 Å². The summed E-state index contributed by atoms with van der Waals surface area (Å²) in [7, 11) is 0. The standard InChI is InChI=1S/C12H17ClN4O2/c13-11-9-10(1-2-14-11)15-12(19)17-5-3-16(4-6-17)7-8-18/h1-2,9,18H,3-8H2,(H,14,15,19). The van der Waals surface area contributed by atoms with E-state index in [0.717, 1.165) is 13.1 Å². The summed E-state index contributed by atoms with van der Waals surface area (Å²) in [6.45, 7) is 3.70. The van der Waals surface area contributed by atoms with Crippen molar-refractivity contribution in [3.8, 4) is 0 Å². The Morgan fingerprint density at radius 2 is 2.16 bits per heavy atom. The minimum Gasteiger partial charge on any atom is -0.395 e. The van der Waals surface area contributed by atoms with Gasteiger partial charge < -0.3 is 15.3 Å². The van der Waals surface area contributed by atoms with Gasteiger partial charge in [0.15, 0.2) is 0 Å². The molecule has 1 fully saturated rings. The summed E-state index contributed by atoms with van der Waals surface area (Å²) in [5.74, 6) is 0. The fourth-order valence-electron chi connectivity index (χ4n) is 2.00. The molecule has 0 aliphatic carbocycles. The molecular weight excluding hydrogens is 268 g/mol. The maximum atomic E-state index is 12.0. The largest absolute Gasteiger partial charge is 0.395 e. The number of nitrogens with zero attached hydrogens (tertiary/aromatic N) is 3. The Morgan fingerprint density at radius 3 is 2.79 bits per heavy atom. The number of aromatic nitrogens is 1. The van der Waals surface area contributed by atoms with Crippen LogP contribution >= 0.6 is 11.6 Å². The molecule has 0 saturated carbocycles. The first-order chi connectivity index (χ1) is 9.19. The van der Waals surface area contributed by atoms with E-state index in [4.69, 9.17) is 16.7 Å². The first-order valence-corrected chi connectivity index (χ1v) is 6.57. The lowest BCUT2D eigenvalue weighted by Gasteiger charge is -2.34. The van der Waals surface area contributed by atoms with Crippen LogP contribution in [-0.4, -0.2) is 65.3 Å². The van der Waals surface area contributed by atoms with Crippen LogP contribution in [0.5, 0.6) is 0 Å². The molecule has 1 aromatic rings. The summed E-state index contributed by atoms with van der Waals surface area (Å²) >= 11 is 5.76. The SMILES string of the molecule is O=C(Nc1ccnc(Cl)c1)N1CCN(CCO)CC1. The van der Waals surface area contributed by atoms with Gasteiger partial charge in [0.25, 0.3) is 0 Å². The molecule has 1 aromatic heterocycles. The number of hydrogen-bond acceptors (Lipinski definition) is 4. The van der Waals surface area contributed by atoms with Crippen molar-refractivity contribution in [2.24, 2.45) is 0 Å². The van der Waals surface area contributed by atoms with Crippen LogP contribution in [0.3, 0.4) is 0 Å². The zero-order chi connectivity index (χ0) is 13.7. The molecule has 2 amide bonds. The number of aliphatic hydroxyl groups excluding tert-OH is 1. The quantitative estimate of drug-likeness (QED) is 0.809. The summed E-state index contributed by atoms with van der Waals surface area (Å²) in [5.41, 5.74) is 0.641. The van der Waals surface area contributed by atoms with Gasteiger partial charge in [-0.2, -0.15) is 0 Å². The third-order valence-electron chi connectivity index (χ3n) is 3.05. The highest BCUT2D eigenvalue weighted by atomic mass is 35.5. The van der Waals surface area contributed by atoms with Crippen molar-refractivity contribution < 1.29 is 9.90 Å². The Bertz CT molecular complexity index is 435. The van der Waals surface area contributed by atoms with Crippen molar-refractivity contribution in [2.45, 2.75) is 0 Å². The molecule has 104 valence electrons. The molecule has 19 heavy (non-hydrogen) atoms. The number of aliphatic hydroxyl groups is 1. The highest BCUT2D eigenvalue weighted by molar-refractivity contribution is 6.29. The van der Waals surface area contributed by atoms with Crippen LogP contribution in [0.4, 0.5) is 10.5 Å². The van der Waals surface area contributed by atoms with Crippen molar-refractivity contribution in [1.29, 1.82) is 0 Å². The molecule has 2 heterocycles. The number of rotatable bonds is 3. The fraction of sp³-hybridized carbons (Fsp3) is 0.500. The minimum atomic E-state index is -0.133. The number of nitrogens with one attached hydrogen (secondary N) is 1. The van der Waals surface area contributed by atoms with Crippen LogP contribution in [0.15, 0.2) is 18.3 Å². The number of amides is 2. The highest BCUT2D eigenvalue weighted by Crippen LogP contribution is 2.13. The topological polar surface area (TPSA) is 68.7 Å². The molecule has 0 bridgehead atoms. The number of hydrogen-bond donors (Lipinski definition) is 2. The Kier molecular flexibility index (Phi) is 4.95. The van der Waals surface area contributed by atoms with Crippen molar-refractivity contribution in [2.75, 3.05) is 44.6 Å². The Morgan fingerprint density at radius 1 is 1.42 bits per heavy atom. The molecule has 1 saturated heterocycles. The number of β-amino-alcohol motifs (C(OH)–C–C–N with tert-alkyl or cyclic N) is 1. The van der Waals surface area contributed by atoms with E-state index in [2.05, 4.69) is 15.2 Å². The van der Waals surface area contributed by atoms with Crippen LogP contribution in [0.25, 0.3) is 0 Å². The van der Waals surface area contributed by atoms with Crippen LogP contribution in [0, 0.1) is 0 Å². The highest BCUT2D eigenvalue weighted by Gasteiger charge is 2.20. The number of pyridine rings is 1. The van der Waals surface area contributed by atoms with E-state index in [1.54, 1.807) is 23.2 Å². The predicted octanol–water partition coefficient (Wildman–Crippen LogP) is 0.877. The molecule has 0 radical (unpaired) electrons. The molecule has 1 aliphatic rings. The molecule has 0 aromatic carbocycles. The number of carbonyl (C=O) groups excluding carboxylic acids is 1. The molecule has 0 spiro atoms. The van der Waals surface area contributed by atoms with E-state index in [0.29, 0.717) is 30.5 Å². The van der Waals surface area contributed by atoms with E-state index in [-0.39, 0.29) is 12.6 Å². The van der Waals surface area contributed by atoms with Gasteiger partial charge in [-0.1, -0.05) is 11.6 Å². The number of urea groups is 1. The minimum absolute atomic E-state index is 0.133. The molecule has 7 heteroatoms. The monoisotopic (exact) mass is 284 g/mol. The smallest absolute Gasteiger partial charge is 0.321 e. The van der Waals surface area contributed by atoms with Crippen LogP contribution in [0.1, 0.15) is 0 Å². The zero-order valence-corrected chi connectivity index (χ0v) is 11.3. The third-order valence-corrected chi connectivity index (χ3v) is 3.26. The van der Waals surface area contributed by atoms with Gasteiger partial charge in [0, 0.05) is 44.6 Å². The number of piperazine rings is 1. The average molecular weight is 285 g/mol. The van der Waals surface area contributed by atoms with E-state index < -0.39 is 0 Å². The maximum Gasteiger partial charge on any atom is 0.321 e. The Hall–Kier alpha value is -1.37. The van der Waals surface area contributed by atoms with E-state index in [1.807, 2.05) is 0 Å². The van der Waals surface area contributed by atoms with Crippen LogP contribution in [-0.2, 0) is 0 Å². The maximum absolute atomic E-state index is 12.0. The van der Waals surface area contributed by atoms with Gasteiger partial charge in [-0.15, -0.1) is 0 Å². The van der Waals surface area contributed by atoms with Gasteiger partial charge in [-0.25, -0.2) is 9.78 Å². The lowest BCUT2D eigenvalue weighted by Crippen LogP contribution is -2.50. The van der Waals surface area contributed by atoms with Crippen molar-refractivity contribution in [3.63, 3.8) is 0 Å². The number of halogens is 1. The molecule has 0 unspecified atom stereocenters. The fourth-order valence-corrected chi connectivity index (χ4v) is 2.17. The van der Waals surface area contributed by atoms with Gasteiger partial charge in [0.1, 0.15) is 5.15 Å². The number of carbonyl (C=O) groups is 1. The van der Waals surface area contributed by atoms with Crippen molar-refractivity contribution >= 4 is 23.3 Å². The van der Waals surface area contributed by atoms with Gasteiger partial charge in [-0.3, -0.25) is 4.90 Å². The van der Waals surface area contributed by atoms with E-state index in [9.17, 15) is 4.79 Å². The van der Waals surface area contributed by atoms with Gasteiger partial charge in [0.2, 0.25) is 0 Å². The van der Waals surface area contributed by atoms with Gasteiger partial charge in [0.05, 0.1) is 6.61 Å². The molecular formula is C12H17ClN4O2. The molecule has 1 aliphatic heterocycles. The second-order valence-corrected chi connectivity index (χ2v) is 4.74. The van der Waals surface area contributed by atoms with Gasteiger partial charge >= 0.3 is 6.03 Å². The second kappa shape index (κ2) is 6.70. The molecule has 2 N–H and O–H groups in total. The molecule has 0 atom stereocenters. The molecule has 2 rings (SSSR count). The Balaban J connectivity index is 1.84. The lowest BCUT2D eigenvalue weighted by atomic mass is 10.3. The summed E-state index contributed by atoms with van der Waals surface area (Å²) in [5, 5.41) is 12.0. The second-order valence-electron chi connectivity index (χ2n) is 4.35.